The number of benzene rings is 4. The number of nitrogens with one attached hydrogen (secondary N) is 2. The van der Waals surface area contributed by atoms with Gasteiger partial charge in [-0.25, -0.2) is 8.78 Å². The molecule has 2 unspecified atom stereocenters. The molecule has 576 valence electrons. The summed E-state index contributed by atoms with van der Waals surface area (Å²) in [6.45, 7) is 20.8. The largest absolute Gasteiger partial charge is 1.00 e. The Bertz CT molecular complexity index is 3840. The molecular weight excluding hydrogens is 1420 g/mol. The van der Waals surface area contributed by atoms with Gasteiger partial charge in [0, 0.05) is 48.7 Å². The molecule has 15 nitrogen and oxygen atoms in total. The summed E-state index contributed by atoms with van der Waals surface area (Å²) in [7, 11) is 6.82. The van der Waals surface area contributed by atoms with Crippen molar-refractivity contribution >= 4 is 73.9 Å². The molecule has 0 aliphatic rings. The predicted octanol–water partition coefficient (Wildman–Crippen LogP) is 15.3. The Balaban J connectivity index is -0.000000572. The summed E-state index contributed by atoms with van der Waals surface area (Å²) in [5.74, 6) is -5.82. The first-order valence-corrected chi connectivity index (χ1v) is 31.5. The molecule has 0 aliphatic carbocycles. The van der Waals surface area contributed by atoms with Gasteiger partial charge in [0.25, 0.3) is 11.1 Å². The Kier molecular flexibility index (Phi) is 46.5. The number of hydrogen-bond acceptors (Lipinski definition) is 10. The summed E-state index contributed by atoms with van der Waals surface area (Å²) < 4.78 is 122. The zero-order valence-corrected chi connectivity index (χ0v) is 61.6. The molecule has 2 amide bonds. The monoisotopic (exact) mass is 1530 g/mol. The van der Waals surface area contributed by atoms with Crippen LogP contribution in [-0.4, -0.2) is 101 Å². The third-order valence-corrected chi connectivity index (χ3v) is 16.3. The van der Waals surface area contributed by atoms with Crippen LogP contribution < -0.4 is 40.6 Å². The third-order valence-electron chi connectivity index (χ3n) is 15.7. The number of aliphatic carboxylic acids is 1. The molecule has 0 radical (unpaired) electrons. The maximum atomic E-state index is 15.9. The van der Waals surface area contributed by atoms with Gasteiger partial charge in [-0.05, 0) is 194 Å². The average Bonchev–Trinajstić information content (AvgIpc) is 0.797. The summed E-state index contributed by atoms with van der Waals surface area (Å²) in [5.41, 5.74) is 3.54. The number of rotatable bonds is 25. The summed E-state index contributed by atoms with van der Waals surface area (Å²) in [4.78, 5) is 82.5. The van der Waals surface area contributed by atoms with E-state index in [0.29, 0.717) is 23.3 Å². The van der Waals surface area contributed by atoms with Gasteiger partial charge in [-0.1, -0.05) is 123 Å². The van der Waals surface area contributed by atoms with E-state index in [9.17, 15) is 60.2 Å². The smallest absolute Gasteiger partial charge is 0.870 e. The Morgan fingerprint density at radius 2 is 0.864 bits per heavy atom. The van der Waals surface area contributed by atoms with Crippen LogP contribution >= 0.6 is 50.2 Å². The van der Waals surface area contributed by atoms with Crippen molar-refractivity contribution in [3.8, 4) is 22.3 Å². The van der Waals surface area contributed by atoms with E-state index in [0.717, 1.165) is 66.0 Å². The van der Waals surface area contributed by atoms with Gasteiger partial charge in [-0.2, -0.15) is 53.3 Å². The number of aryl methyl sites for hydroxylation is 6. The van der Waals surface area contributed by atoms with E-state index in [-0.39, 0.29) is 178 Å². The van der Waals surface area contributed by atoms with Gasteiger partial charge in [0.2, 0.25) is 11.8 Å². The van der Waals surface area contributed by atoms with Gasteiger partial charge in [0.1, 0.15) is 23.7 Å². The quantitative estimate of drug-likeness (QED) is 0.0280. The van der Waals surface area contributed by atoms with Crippen LogP contribution in [0.15, 0.2) is 82.6 Å². The summed E-state index contributed by atoms with van der Waals surface area (Å²) >= 11 is 12.7. The molecule has 4 N–H and O–H groups in total. The zero-order chi connectivity index (χ0) is 70.8. The van der Waals surface area contributed by atoms with Crippen molar-refractivity contribution in [2.24, 2.45) is 11.8 Å². The van der Waals surface area contributed by atoms with E-state index in [2.05, 4.69) is 10.6 Å². The van der Waals surface area contributed by atoms with E-state index in [1.165, 1.54) is 24.3 Å². The molecule has 2 heterocycles. The minimum absolute atomic E-state index is 0. The number of ether oxygens (including phenoxy) is 1. The number of halogens is 10. The Morgan fingerprint density at radius 1 is 0.553 bits per heavy atom. The van der Waals surface area contributed by atoms with E-state index < -0.39 is 107 Å². The van der Waals surface area contributed by atoms with E-state index >= 15 is 8.78 Å². The number of hydrogen-bond donors (Lipinski definition) is 3. The van der Waals surface area contributed by atoms with Gasteiger partial charge in [-0.15, -0.1) is 0 Å². The normalized spacial score (nSPS) is 12.0. The molecule has 0 bridgehead atoms. The van der Waals surface area contributed by atoms with Crippen LogP contribution in [-0.2, 0) is 49.1 Å². The van der Waals surface area contributed by atoms with Crippen molar-refractivity contribution in [3.05, 3.63) is 182 Å². The molecule has 28 heteroatoms. The van der Waals surface area contributed by atoms with Crippen molar-refractivity contribution in [1.82, 2.24) is 29.6 Å². The number of amides is 2. The fourth-order valence-corrected chi connectivity index (χ4v) is 12.2. The molecule has 4 atom stereocenters. The number of aromatic nitrogens is 2. The summed E-state index contributed by atoms with van der Waals surface area (Å²) in [6, 6.07) is 9.43. The van der Waals surface area contributed by atoms with Gasteiger partial charge >= 0.3 is 43.2 Å². The van der Waals surface area contributed by atoms with Crippen molar-refractivity contribution in [2.45, 2.75) is 188 Å². The van der Waals surface area contributed by atoms with Crippen LogP contribution in [0.3, 0.4) is 0 Å². The Labute approximate surface area is 640 Å². The number of nitrogens with zero attached hydrogens (tertiary/aromatic N) is 4. The first-order valence-electron chi connectivity index (χ1n) is 30.7. The fourth-order valence-electron chi connectivity index (χ4n) is 11.7. The average molecular weight is 1530 g/mol. The van der Waals surface area contributed by atoms with Gasteiger partial charge in [0.05, 0.1) is 52.7 Å². The Hall–Kier alpha value is -6.14. The molecule has 103 heavy (non-hydrogen) atoms. The first kappa shape index (κ1) is 105. The summed E-state index contributed by atoms with van der Waals surface area (Å²) in [6.07, 6.45) is -8.60. The number of carbonyl (C=O) groups is 4. The fraction of sp³-hybridized carbons (Fsp3) is 0.493. The van der Waals surface area contributed by atoms with Crippen LogP contribution in [0.2, 0.25) is 10.0 Å². The number of carboxylic acids is 1. The molecule has 0 saturated heterocycles. The number of pyridine rings is 2. The number of likely N-dealkylation sites (N-methyl/N-ethyl adjacent to an activating group) is 2. The van der Waals surface area contributed by atoms with Gasteiger partial charge < -0.3 is 44.9 Å². The standard InChI is InChI=1S/C36H44ClF4N3O4.C34H40ClF4N3O4.5CH4.Li.H2O.2H2S/c1-9-48-32(46)18-29(26-15-25(16-28(37)34(26)38)33-22(5)13-21(4)14-23(33)6)42-35(47)30(12-20(2)3)44-19-24(10-11-43(7)8)27(17-31(44)45)36(39,40)41;1-18(2)10-28(42-17-22(8-9-41(6)7)25(15-29(42)43)34(37,38)39)33(46)40-27(16-30(44)45)24-13-23(14-26(35)32(24)36)31-20(4)11-19(3)12-21(31)5;;;;;;;;;/h13-17,19-20,29-30H,9-12,18H2,1-8H3,(H,42,47);11-15,17-18,27-28H,8-10,16H2,1-7H3,(H,40,46)(H,44,45);5*1H4;;3*1H2/q;;;;;;;+1;;;/p-1/t29-,30?;27-,28?;;;;;;;;;/m00........./s1. The van der Waals surface area contributed by atoms with Crippen LogP contribution in [0.4, 0.5) is 35.1 Å². The van der Waals surface area contributed by atoms with Crippen LogP contribution in [0.25, 0.3) is 22.3 Å². The zero-order valence-electron chi connectivity index (χ0n) is 58.1. The second-order valence-corrected chi connectivity index (χ2v) is 26.1. The number of alkyl halides is 6. The van der Waals surface area contributed by atoms with E-state index in [1.54, 1.807) is 72.6 Å². The molecule has 0 fully saturated rings. The van der Waals surface area contributed by atoms with Crippen molar-refractivity contribution in [3.63, 3.8) is 0 Å². The second-order valence-electron chi connectivity index (χ2n) is 25.3. The molecule has 6 aromatic rings. The number of carbonyl (C=O) groups excluding carboxylic acids is 3. The third kappa shape index (κ3) is 28.9. The molecule has 4 aromatic carbocycles. The van der Waals surface area contributed by atoms with E-state index in [4.69, 9.17) is 27.9 Å². The SMILES string of the molecule is C.C.C.C.C.CCOC(=O)C[C@H](NC(=O)C(CC(C)C)n1cc(CCN(C)C)c(C(F)(F)F)cc1=O)c1cc(-c2c(C)cc(C)cc2C)cc(Cl)c1F.Cc1cc(C)c(-c2cc(Cl)c(F)c([C@H](CC(=O)O)NC(=O)C(CC(C)C)n3cc(CCN(C)C)c(C(F)(F)F)cc3=O)c2)c(C)c1.S.S.[Li+].[OH-]. The van der Waals surface area contributed by atoms with E-state index in [1.807, 2.05) is 65.8 Å². The maximum absolute atomic E-state index is 15.9. The predicted molar refractivity (Wildman–Crippen MR) is 407 cm³/mol. The molecular formula is C75H109Cl2F8LiN6O9S2. The molecule has 0 saturated carbocycles. The van der Waals surface area contributed by atoms with Gasteiger partial charge in [-0.3, -0.25) is 28.8 Å². The van der Waals surface area contributed by atoms with Crippen LogP contribution in [0.1, 0.15) is 188 Å². The maximum Gasteiger partial charge on any atom is 1.00 e. The number of esters is 1. The Morgan fingerprint density at radius 3 is 1.14 bits per heavy atom. The molecule has 0 spiro atoms. The first-order chi connectivity index (χ1) is 43.6. The van der Waals surface area contributed by atoms with Crippen molar-refractivity contribution in [1.29, 1.82) is 0 Å². The molecule has 2 aromatic heterocycles. The second kappa shape index (κ2) is 45.4. The van der Waals surface area contributed by atoms with Crippen LogP contribution in [0, 0.1) is 65.0 Å². The van der Waals surface area contributed by atoms with Crippen LogP contribution in [0.5, 0.6) is 0 Å². The summed E-state index contributed by atoms with van der Waals surface area (Å²) in [5, 5.41) is 14.5. The molecule has 0 aliphatic heterocycles. The minimum atomic E-state index is -4.79. The number of carboxylic acid groups (broad SMARTS) is 1. The topological polar surface area (TPSA) is 202 Å². The van der Waals surface area contributed by atoms with Gasteiger partial charge in [0.15, 0.2) is 0 Å². The van der Waals surface area contributed by atoms with Crippen molar-refractivity contribution < 1.29 is 88.5 Å². The molecule has 6 rings (SSSR count). The van der Waals surface area contributed by atoms with Crippen molar-refractivity contribution in [2.75, 3.05) is 47.9 Å². The minimum Gasteiger partial charge on any atom is -0.870 e.